The van der Waals surface area contributed by atoms with E-state index in [1.807, 2.05) is 43.5 Å². The maximum absolute atomic E-state index is 13.0. The van der Waals surface area contributed by atoms with Crippen molar-refractivity contribution in [1.82, 2.24) is 5.32 Å². The number of carbonyl (C=O) groups excluding carboxylic acids is 2. The Morgan fingerprint density at radius 1 is 1.33 bits per heavy atom. The van der Waals surface area contributed by atoms with Gasteiger partial charge in [-0.25, -0.2) is 4.79 Å². The number of thioether (sulfide) groups is 1. The van der Waals surface area contributed by atoms with Crippen molar-refractivity contribution in [3.63, 3.8) is 0 Å². The average Bonchev–Trinajstić information content (AvgIpc) is 2.82. The summed E-state index contributed by atoms with van der Waals surface area (Å²) in [5.41, 5.74) is 7.82. The number of nitrogens with one attached hydrogen (secondary N) is 2. The molecule has 1 rings (SSSR count). The molecule has 8 heteroatoms. The van der Waals surface area contributed by atoms with Crippen molar-refractivity contribution in [2.75, 3.05) is 36.7 Å². The van der Waals surface area contributed by atoms with Gasteiger partial charge >= 0.3 is 5.97 Å². The van der Waals surface area contributed by atoms with E-state index in [2.05, 4.69) is 30.2 Å². The minimum atomic E-state index is -1.13. The van der Waals surface area contributed by atoms with Gasteiger partial charge in [0.15, 0.2) is 0 Å². The Hall–Kier alpha value is -1.64. The van der Waals surface area contributed by atoms with Crippen molar-refractivity contribution in [3.05, 3.63) is 41.5 Å². The number of benzene rings is 1. The first-order valence-electron chi connectivity index (χ1n) is 11.6. The quantitative estimate of drug-likeness (QED) is 0.119. The van der Waals surface area contributed by atoms with Crippen LogP contribution in [0.5, 0.6) is 0 Å². The summed E-state index contributed by atoms with van der Waals surface area (Å²) >= 11 is 5.87. The van der Waals surface area contributed by atoms with E-state index >= 15 is 0 Å². The second-order valence-corrected chi connectivity index (χ2v) is 9.62. The lowest BCUT2D eigenvalue weighted by molar-refractivity contribution is -0.151. The van der Waals surface area contributed by atoms with E-state index in [4.69, 9.17) is 10.5 Å². The third-order valence-corrected chi connectivity index (χ3v) is 6.69. The fraction of sp³-hybridized carbons (Fsp3) is 0.600. The van der Waals surface area contributed by atoms with Gasteiger partial charge in [-0.1, -0.05) is 44.1 Å². The number of carbonyl (C=O) groups is 2. The molecular formula is C25H41N3O3S2. The highest BCUT2D eigenvalue weighted by Crippen LogP contribution is 2.27. The molecule has 0 unspecified atom stereocenters. The number of nitrogens with two attached hydrogens (primary N) is 1. The Morgan fingerprint density at radius 3 is 2.73 bits per heavy atom. The second kappa shape index (κ2) is 16.1. The molecule has 1 amide bonds. The van der Waals surface area contributed by atoms with Crippen LogP contribution in [-0.4, -0.2) is 54.9 Å². The molecule has 0 radical (unpaired) electrons. The first kappa shape index (κ1) is 29.4. The maximum Gasteiger partial charge on any atom is 0.331 e. The number of thiol groups is 1. The summed E-state index contributed by atoms with van der Waals surface area (Å²) in [6, 6.07) is 5.88. The van der Waals surface area contributed by atoms with Gasteiger partial charge in [-0.05, 0) is 49.0 Å². The van der Waals surface area contributed by atoms with Gasteiger partial charge in [0.1, 0.15) is 5.54 Å². The van der Waals surface area contributed by atoms with Crippen molar-refractivity contribution >= 4 is 42.0 Å². The van der Waals surface area contributed by atoms with Gasteiger partial charge in [-0.2, -0.15) is 24.4 Å². The van der Waals surface area contributed by atoms with E-state index in [1.165, 1.54) is 7.11 Å². The van der Waals surface area contributed by atoms with Crippen molar-refractivity contribution in [1.29, 1.82) is 0 Å². The summed E-state index contributed by atoms with van der Waals surface area (Å²) in [4.78, 5) is 25.9. The smallest absolute Gasteiger partial charge is 0.331 e. The van der Waals surface area contributed by atoms with Crippen LogP contribution in [0, 0.1) is 6.92 Å². The van der Waals surface area contributed by atoms with Crippen LogP contribution in [0.1, 0.15) is 50.2 Å². The lowest BCUT2D eigenvalue weighted by Crippen LogP contribution is -2.57. The molecule has 0 bridgehead atoms. The molecule has 1 aromatic carbocycles. The lowest BCUT2D eigenvalue weighted by Gasteiger charge is -2.33. The Balaban J connectivity index is 3.15. The number of amides is 1. The Morgan fingerprint density at radius 2 is 2.09 bits per heavy atom. The van der Waals surface area contributed by atoms with Gasteiger partial charge in [0.2, 0.25) is 5.91 Å². The largest absolute Gasteiger partial charge is 0.467 e. The normalized spacial score (nSPS) is 14.0. The standard InChI is InChI=1S/C25H41N3O3S2/c1-5-6-7-8-9-13-23(29)28-25(14-15-33-4,24(30)31-3)16-20-11-10-12-22(19(20)2)27-17-21(26)18-32/h8-12,21,27,32H,5-7,13-18,26H2,1-4H3,(H,28,29)/b9-8+/t21-,25+/m1/s1. The van der Waals surface area contributed by atoms with Gasteiger partial charge in [-0.3, -0.25) is 4.79 Å². The summed E-state index contributed by atoms with van der Waals surface area (Å²) < 4.78 is 5.19. The predicted octanol–water partition coefficient (Wildman–Crippen LogP) is 4.12. The summed E-state index contributed by atoms with van der Waals surface area (Å²) in [5, 5.41) is 6.40. The molecule has 1 aromatic rings. The van der Waals surface area contributed by atoms with E-state index in [0.29, 0.717) is 25.1 Å². The van der Waals surface area contributed by atoms with Crippen LogP contribution < -0.4 is 16.4 Å². The zero-order valence-corrected chi connectivity index (χ0v) is 22.2. The van der Waals surface area contributed by atoms with Crippen LogP contribution >= 0.6 is 24.4 Å². The minimum absolute atomic E-state index is 0.0585. The maximum atomic E-state index is 13.0. The highest BCUT2D eigenvalue weighted by Gasteiger charge is 2.41. The summed E-state index contributed by atoms with van der Waals surface area (Å²) in [6.07, 6.45) is 10.1. The minimum Gasteiger partial charge on any atom is -0.467 e. The number of allylic oxidation sites excluding steroid dienone is 1. The SMILES string of the molecule is CCCC/C=C/CC(=O)N[C@@](CCSC)(Cc1cccc(NC[C@@H](N)CS)c1C)C(=O)OC. The molecule has 0 aliphatic rings. The van der Waals surface area contributed by atoms with E-state index in [-0.39, 0.29) is 18.4 Å². The van der Waals surface area contributed by atoms with Crippen LogP contribution in [0.4, 0.5) is 5.69 Å². The van der Waals surface area contributed by atoms with Gasteiger partial charge in [0, 0.05) is 36.9 Å². The monoisotopic (exact) mass is 495 g/mol. The van der Waals surface area contributed by atoms with Gasteiger partial charge in [0.05, 0.1) is 7.11 Å². The number of unbranched alkanes of at least 4 members (excludes halogenated alkanes) is 2. The molecule has 0 saturated heterocycles. The fourth-order valence-corrected chi connectivity index (χ4v) is 4.22. The molecule has 2 atom stereocenters. The molecule has 0 heterocycles. The number of anilines is 1. The van der Waals surface area contributed by atoms with Crippen LogP contribution in [0.2, 0.25) is 0 Å². The highest BCUT2D eigenvalue weighted by molar-refractivity contribution is 7.98. The van der Waals surface area contributed by atoms with Crippen LogP contribution in [0.15, 0.2) is 30.4 Å². The topological polar surface area (TPSA) is 93.5 Å². The van der Waals surface area contributed by atoms with Crippen molar-refractivity contribution < 1.29 is 14.3 Å². The van der Waals surface area contributed by atoms with Crippen molar-refractivity contribution in [2.45, 2.75) is 64.0 Å². The average molecular weight is 496 g/mol. The van der Waals surface area contributed by atoms with Crippen molar-refractivity contribution in [3.8, 4) is 0 Å². The fourth-order valence-electron chi connectivity index (χ4n) is 3.54. The summed E-state index contributed by atoms with van der Waals surface area (Å²) in [5.74, 6) is 0.705. The third-order valence-electron chi connectivity index (χ3n) is 5.61. The molecule has 0 aromatic heterocycles. The molecule has 0 fully saturated rings. The summed E-state index contributed by atoms with van der Waals surface area (Å²) in [7, 11) is 1.37. The third kappa shape index (κ3) is 10.0. The number of hydrogen-bond donors (Lipinski definition) is 4. The van der Waals surface area contributed by atoms with Crippen LogP contribution in [0.25, 0.3) is 0 Å². The lowest BCUT2D eigenvalue weighted by atomic mass is 9.85. The molecule has 0 aliphatic heterocycles. The van der Waals surface area contributed by atoms with E-state index in [9.17, 15) is 9.59 Å². The summed E-state index contributed by atoms with van der Waals surface area (Å²) in [6.45, 7) is 4.75. The predicted molar refractivity (Wildman–Crippen MR) is 144 cm³/mol. The van der Waals surface area contributed by atoms with Crippen LogP contribution in [-0.2, 0) is 20.7 Å². The Bertz CT molecular complexity index is 773. The molecule has 33 heavy (non-hydrogen) atoms. The van der Waals surface area contributed by atoms with Gasteiger partial charge < -0.3 is 21.1 Å². The van der Waals surface area contributed by atoms with E-state index in [1.54, 1.807) is 11.8 Å². The number of methoxy groups -OCH3 is 1. The number of rotatable bonds is 16. The Kier molecular flexibility index (Phi) is 14.3. The van der Waals surface area contributed by atoms with E-state index in [0.717, 1.165) is 41.8 Å². The van der Waals surface area contributed by atoms with Gasteiger partial charge in [-0.15, -0.1) is 0 Å². The number of esters is 1. The first-order chi connectivity index (χ1) is 15.8. The first-order valence-corrected chi connectivity index (χ1v) is 13.6. The molecule has 0 spiro atoms. The van der Waals surface area contributed by atoms with E-state index < -0.39 is 11.5 Å². The van der Waals surface area contributed by atoms with Crippen LogP contribution in [0.3, 0.4) is 0 Å². The molecule has 0 saturated carbocycles. The molecule has 4 N–H and O–H groups in total. The highest BCUT2D eigenvalue weighted by atomic mass is 32.2. The number of hydrogen-bond acceptors (Lipinski definition) is 7. The number of ether oxygens (including phenoxy) is 1. The molecule has 186 valence electrons. The van der Waals surface area contributed by atoms with Gasteiger partial charge in [0.25, 0.3) is 0 Å². The zero-order chi connectivity index (χ0) is 24.7. The molecule has 6 nitrogen and oxygen atoms in total. The molecule has 0 aliphatic carbocycles. The zero-order valence-electron chi connectivity index (χ0n) is 20.5. The van der Waals surface area contributed by atoms with Crippen molar-refractivity contribution in [2.24, 2.45) is 5.73 Å². The second-order valence-electron chi connectivity index (χ2n) is 8.27. The Labute approximate surface area is 209 Å². The molecular weight excluding hydrogens is 454 g/mol.